The Morgan fingerprint density at radius 1 is 1.04 bits per heavy atom. The number of aromatic nitrogens is 1. The van der Waals surface area contributed by atoms with Gasteiger partial charge in [0.15, 0.2) is 0 Å². The normalized spacial score (nSPS) is 14.8. The van der Waals surface area contributed by atoms with Gasteiger partial charge in [0, 0.05) is 49.0 Å². The van der Waals surface area contributed by atoms with Crippen LogP contribution in [0.5, 0.6) is 0 Å². The van der Waals surface area contributed by atoms with Gasteiger partial charge in [0.25, 0.3) is 0 Å². The van der Waals surface area contributed by atoms with E-state index in [1.165, 1.54) is 16.3 Å². The lowest BCUT2D eigenvalue weighted by Gasteiger charge is -2.29. The van der Waals surface area contributed by atoms with E-state index in [2.05, 4.69) is 47.5 Å². The first kappa shape index (κ1) is 15.9. The molecule has 4 rings (SSSR count). The maximum atomic E-state index is 5.85. The number of piperazine rings is 1. The summed E-state index contributed by atoms with van der Waals surface area (Å²) in [5, 5.41) is 5.92. The molecule has 3 N–H and O–H groups in total. The van der Waals surface area contributed by atoms with Gasteiger partial charge in [-0.05, 0) is 41.1 Å². The Morgan fingerprint density at radius 2 is 1.80 bits per heavy atom. The van der Waals surface area contributed by atoms with Gasteiger partial charge in [0.1, 0.15) is 5.82 Å². The standard InChI is InChI=1S/C21H24N4/c1-2-15-3-8-18-19(13-15)21(25-11-9-23-10-12-25)24-14-20(18)16-4-6-17(22)7-5-16/h3-8,13-14,23H,2,9-12,22H2,1H3. The number of hydrogen-bond acceptors (Lipinski definition) is 4. The summed E-state index contributed by atoms with van der Waals surface area (Å²) < 4.78 is 0. The van der Waals surface area contributed by atoms with E-state index in [-0.39, 0.29) is 0 Å². The highest BCUT2D eigenvalue weighted by atomic mass is 15.2. The molecule has 0 saturated carbocycles. The summed E-state index contributed by atoms with van der Waals surface area (Å²) in [4.78, 5) is 7.27. The van der Waals surface area contributed by atoms with E-state index in [9.17, 15) is 0 Å². The third kappa shape index (κ3) is 3.05. The molecule has 1 aromatic heterocycles. The van der Waals surface area contributed by atoms with E-state index < -0.39 is 0 Å². The van der Waals surface area contributed by atoms with Crippen molar-refractivity contribution in [1.29, 1.82) is 0 Å². The second-order valence-corrected chi connectivity index (χ2v) is 6.59. The van der Waals surface area contributed by atoms with Crippen LogP contribution in [0.3, 0.4) is 0 Å². The molecule has 1 fully saturated rings. The van der Waals surface area contributed by atoms with E-state index in [0.29, 0.717) is 0 Å². The summed E-state index contributed by atoms with van der Waals surface area (Å²) in [6.07, 6.45) is 3.04. The number of aryl methyl sites for hydroxylation is 1. The molecule has 4 heteroatoms. The molecule has 0 aliphatic carbocycles. The monoisotopic (exact) mass is 332 g/mol. The predicted octanol–water partition coefficient (Wildman–Crippen LogP) is 3.46. The highest BCUT2D eigenvalue weighted by Gasteiger charge is 2.17. The number of hydrogen-bond donors (Lipinski definition) is 2. The lowest BCUT2D eigenvalue weighted by molar-refractivity contribution is 0.586. The van der Waals surface area contributed by atoms with Gasteiger partial charge in [-0.15, -0.1) is 0 Å². The van der Waals surface area contributed by atoms with Crippen LogP contribution in [0.15, 0.2) is 48.7 Å². The van der Waals surface area contributed by atoms with Crippen molar-refractivity contribution in [1.82, 2.24) is 10.3 Å². The molecule has 3 aromatic rings. The van der Waals surface area contributed by atoms with Crippen LogP contribution >= 0.6 is 0 Å². The molecule has 0 unspecified atom stereocenters. The van der Waals surface area contributed by atoms with Crippen molar-refractivity contribution in [2.45, 2.75) is 13.3 Å². The van der Waals surface area contributed by atoms with Crippen molar-refractivity contribution in [3.8, 4) is 11.1 Å². The summed E-state index contributed by atoms with van der Waals surface area (Å²) in [6.45, 7) is 6.22. The molecule has 25 heavy (non-hydrogen) atoms. The predicted molar refractivity (Wildman–Crippen MR) is 106 cm³/mol. The summed E-state index contributed by atoms with van der Waals surface area (Å²) in [5.74, 6) is 1.10. The van der Waals surface area contributed by atoms with E-state index in [1.54, 1.807) is 0 Å². The fourth-order valence-corrected chi connectivity index (χ4v) is 3.52. The van der Waals surface area contributed by atoms with Gasteiger partial charge in [-0.25, -0.2) is 4.98 Å². The zero-order valence-corrected chi connectivity index (χ0v) is 14.6. The Kier molecular flexibility index (Phi) is 4.28. The topological polar surface area (TPSA) is 54.2 Å². The van der Waals surface area contributed by atoms with Gasteiger partial charge >= 0.3 is 0 Å². The van der Waals surface area contributed by atoms with E-state index >= 15 is 0 Å². The molecular formula is C21H24N4. The van der Waals surface area contributed by atoms with E-state index in [1.807, 2.05) is 18.3 Å². The highest BCUT2D eigenvalue weighted by molar-refractivity contribution is 6.02. The molecule has 0 radical (unpaired) electrons. The average molecular weight is 332 g/mol. The Morgan fingerprint density at radius 3 is 2.52 bits per heavy atom. The van der Waals surface area contributed by atoms with Crippen molar-refractivity contribution in [3.63, 3.8) is 0 Å². The quantitative estimate of drug-likeness (QED) is 0.721. The van der Waals surface area contributed by atoms with Gasteiger partial charge < -0.3 is 16.0 Å². The first-order chi connectivity index (χ1) is 12.3. The lowest BCUT2D eigenvalue weighted by Crippen LogP contribution is -2.44. The molecule has 4 nitrogen and oxygen atoms in total. The molecule has 2 aromatic carbocycles. The molecular weight excluding hydrogens is 308 g/mol. The molecule has 1 aliphatic rings. The van der Waals surface area contributed by atoms with Crippen LogP contribution in [0.25, 0.3) is 21.9 Å². The van der Waals surface area contributed by atoms with Crippen LogP contribution in [0.4, 0.5) is 11.5 Å². The van der Waals surface area contributed by atoms with Crippen LogP contribution < -0.4 is 16.0 Å². The van der Waals surface area contributed by atoms with Crippen molar-refractivity contribution >= 4 is 22.3 Å². The third-order valence-corrected chi connectivity index (χ3v) is 4.98. The maximum Gasteiger partial charge on any atom is 0.136 e. The van der Waals surface area contributed by atoms with Gasteiger partial charge in [-0.1, -0.05) is 31.2 Å². The fourth-order valence-electron chi connectivity index (χ4n) is 3.52. The number of rotatable bonds is 3. The molecule has 1 saturated heterocycles. The maximum absolute atomic E-state index is 5.85. The molecule has 0 amide bonds. The molecule has 0 spiro atoms. The van der Waals surface area contributed by atoms with Crippen LogP contribution in [-0.2, 0) is 6.42 Å². The average Bonchev–Trinajstić information content (AvgIpc) is 2.68. The van der Waals surface area contributed by atoms with Crippen LogP contribution in [0, 0.1) is 0 Å². The lowest BCUT2D eigenvalue weighted by atomic mass is 9.98. The Balaban J connectivity index is 1.90. The minimum Gasteiger partial charge on any atom is -0.399 e. The fraction of sp³-hybridized carbons (Fsp3) is 0.286. The highest BCUT2D eigenvalue weighted by Crippen LogP contribution is 2.34. The number of nitrogens with one attached hydrogen (secondary N) is 1. The second kappa shape index (κ2) is 6.73. The summed E-state index contributed by atoms with van der Waals surface area (Å²) in [5.41, 5.74) is 10.3. The second-order valence-electron chi connectivity index (χ2n) is 6.59. The number of anilines is 2. The molecule has 0 bridgehead atoms. The molecule has 1 aliphatic heterocycles. The minimum atomic E-state index is 0.784. The number of nitrogen functional groups attached to an aromatic ring is 1. The SMILES string of the molecule is CCc1ccc2c(-c3ccc(N)cc3)cnc(N3CCNCC3)c2c1. The molecule has 2 heterocycles. The smallest absolute Gasteiger partial charge is 0.136 e. The van der Waals surface area contributed by atoms with E-state index in [4.69, 9.17) is 10.7 Å². The Labute approximate surface area is 148 Å². The van der Waals surface area contributed by atoms with Crippen molar-refractivity contribution in [2.24, 2.45) is 0 Å². The number of fused-ring (bicyclic) bond motifs is 1. The largest absolute Gasteiger partial charge is 0.399 e. The zero-order valence-electron chi connectivity index (χ0n) is 14.6. The van der Waals surface area contributed by atoms with Gasteiger partial charge in [-0.3, -0.25) is 0 Å². The minimum absolute atomic E-state index is 0.784. The van der Waals surface area contributed by atoms with Gasteiger partial charge in [-0.2, -0.15) is 0 Å². The number of nitrogens with zero attached hydrogens (tertiary/aromatic N) is 2. The third-order valence-electron chi connectivity index (χ3n) is 4.98. The summed E-state index contributed by atoms with van der Waals surface area (Å²) in [6, 6.07) is 14.8. The van der Waals surface area contributed by atoms with Crippen molar-refractivity contribution in [2.75, 3.05) is 36.8 Å². The van der Waals surface area contributed by atoms with Crippen molar-refractivity contribution < 1.29 is 0 Å². The van der Waals surface area contributed by atoms with Gasteiger partial charge in [0.2, 0.25) is 0 Å². The van der Waals surface area contributed by atoms with E-state index in [0.717, 1.165) is 55.2 Å². The summed E-state index contributed by atoms with van der Waals surface area (Å²) >= 11 is 0. The molecule has 0 atom stereocenters. The van der Waals surface area contributed by atoms with Crippen LogP contribution in [-0.4, -0.2) is 31.2 Å². The Hall–Kier alpha value is -2.59. The molecule has 128 valence electrons. The first-order valence-corrected chi connectivity index (χ1v) is 8.99. The Bertz CT molecular complexity index is 880. The first-order valence-electron chi connectivity index (χ1n) is 8.99. The van der Waals surface area contributed by atoms with Crippen LogP contribution in [0.2, 0.25) is 0 Å². The number of nitrogens with two attached hydrogens (primary N) is 1. The number of pyridine rings is 1. The number of benzene rings is 2. The summed E-state index contributed by atoms with van der Waals surface area (Å²) in [7, 11) is 0. The zero-order chi connectivity index (χ0) is 17.2. The van der Waals surface area contributed by atoms with Crippen LogP contribution in [0.1, 0.15) is 12.5 Å². The van der Waals surface area contributed by atoms with Gasteiger partial charge in [0.05, 0.1) is 0 Å². The van der Waals surface area contributed by atoms with Crippen molar-refractivity contribution in [3.05, 3.63) is 54.2 Å².